The summed E-state index contributed by atoms with van der Waals surface area (Å²) in [5.74, 6) is 1.87. The zero-order valence-corrected chi connectivity index (χ0v) is 12.5. The van der Waals surface area contributed by atoms with Crippen molar-refractivity contribution in [3.63, 3.8) is 0 Å². The number of hydrogen-bond donors (Lipinski definition) is 0. The lowest BCUT2D eigenvalue weighted by Crippen LogP contribution is -1.96. The molecule has 0 aromatic carbocycles. The van der Waals surface area contributed by atoms with Gasteiger partial charge < -0.3 is 0 Å². The van der Waals surface area contributed by atoms with Gasteiger partial charge in [-0.1, -0.05) is 78.2 Å². The highest BCUT2D eigenvalue weighted by Crippen LogP contribution is 2.19. The van der Waals surface area contributed by atoms with Crippen molar-refractivity contribution in [2.24, 2.45) is 11.8 Å². The first-order valence-electron chi connectivity index (χ1n) is 7.81. The van der Waals surface area contributed by atoms with Crippen molar-refractivity contribution in [1.29, 1.82) is 0 Å². The van der Waals surface area contributed by atoms with Crippen LogP contribution in [0, 0.1) is 11.8 Å². The van der Waals surface area contributed by atoms with Crippen LogP contribution in [0.5, 0.6) is 0 Å². The van der Waals surface area contributed by atoms with Crippen molar-refractivity contribution in [2.75, 3.05) is 0 Å². The molecule has 0 nitrogen and oxygen atoms in total. The van der Waals surface area contributed by atoms with E-state index in [1.165, 1.54) is 64.2 Å². The van der Waals surface area contributed by atoms with Crippen molar-refractivity contribution in [1.82, 2.24) is 0 Å². The van der Waals surface area contributed by atoms with Gasteiger partial charge in [0.2, 0.25) is 0 Å². The number of hydrogen-bond acceptors (Lipinski definition) is 0. The second-order valence-corrected chi connectivity index (χ2v) is 5.86. The fourth-order valence-electron chi connectivity index (χ4n) is 2.55. The molecular formula is C17H34. The summed E-state index contributed by atoms with van der Waals surface area (Å²) in [6.45, 7) is 10.9. The predicted octanol–water partition coefficient (Wildman–Crippen LogP) is 6.37. The van der Waals surface area contributed by atoms with Gasteiger partial charge in [-0.05, 0) is 24.7 Å². The lowest BCUT2D eigenvalue weighted by atomic mass is 9.95. The highest BCUT2D eigenvalue weighted by atomic mass is 14.1. The minimum absolute atomic E-state index is 0.919. The van der Waals surface area contributed by atoms with Crippen LogP contribution in [0.2, 0.25) is 0 Å². The monoisotopic (exact) mass is 238 g/mol. The molecule has 0 aliphatic heterocycles. The summed E-state index contributed by atoms with van der Waals surface area (Å²) in [5, 5.41) is 0. The average molecular weight is 238 g/mol. The van der Waals surface area contributed by atoms with E-state index in [-0.39, 0.29) is 0 Å². The summed E-state index contributed by atoms with van der Waals surface area (Å²) < 4.78 is 0. The van der Waals surface area contributed by atoms with E-state index >= 15 is 0 Å². The van der Waals surface area contributed by atoms with Gasteiger partial charge in [0, 0.05) is 0 Å². The van der Waals surface area contributed by atoms with Gasteiger partial charge in [0.05, 0.1) is 0 Å². The van der Waals surface area contributed by atoms with Crippen molar-refractivity contribution in [2.45, 2.75) is 85.0 Å². The largest absolute Gasteiger partial charge is 0.103 e. The lowest BCUT2D eigenvalue weighted by molar-refractivity contribution is 0.421. The summed E-state index contributed by atoms with van der Waals surface area (Å²) in [7, 11) is 0. The molecule has 0 amide bonds. The minimum Gasteiger partial charge on any atom is -0.103 e. The molecule has 0 aromatic heterocycles. The summed E-state index contributed by atoms with van der Waals surface area (Å²) in [6.07, 6.45) is 15.9. The van der Waals surface area contributed by atoms with Crippen molar-refractivity contribution < 1.29 is 0 Å². The molecule has 0 saturated carbocycles. The van der Waals surface area contributed by atoms with E-state index in [1.807, 2.05) is 6.08 Å². The van der Waals surface area contributed by atoms with Crippen molar-refractivity contribution in [3.05, 3.63) is 12.7 Å². The number of allylic oxidation sites excluding steroid dienone is 1. The Kier molecular flexibility index (Phi) is 12.0. The minimum atomic E-state index is 0.919. The molecule has 0 heterocycles. The van der Waals surface area contributed by atoms with E-state index in [2.05, 4.69) is 27.4 Å². The highest BCUT2D eigenvalue weighted by Gasteiger charge is 2.03. The van der Waals surface area contributed by atoms with Crippen LogP contribution in [0.25, 0.3) is 0 Å². The summed E-state index contributed by atoms with van der Waals surface area (Å²) in [6, 6.07) is 0. The maximum atomic E-state index is 3.78. The smallest absolute Gasteiger partial charge is 0.0353 e. The first-order valence-corrected chi connectivity index (χ1v) is 7.81. The Morgan fingerprint density at radius 2 is 1.35 bits per heavy atom. The third kappa shape index (κ3) is 12.0. The van der Waals surface area contributed by atoms with Gasteiger partial charge in [-0.15, -0.1) is 6.58 Å². The zero-order valence-electron chi connectivity index (χ0n) is 12.5. The number of rotatable bonds is 12. The molecule has 0 fully saturated rings. The van der Waals surface area contributed by atoms with Crippen molar-refractivity contribution in [3.8, 4) is 0 Å². The Hall–Kier alpha value is -0.260. The van der Waals surface area contributed by atoms with Crippen LogP contribution in [0.1, 0.15) is 85.0 Å². The Balaban J connectivity index is 3.23. The molecule has 0 aliphatic rings. The van der Waals surface area contributed by atoms with Gasteiger partial charge in [0.25, 0.3) is 0 Å². The molecule has 102 valence electrons. The standard InChI is InChI=1S/C17H34/c1-5-7-9-13-17(4)15-11-8-10-14-16(3)12-6-2/h5,16-17H,1,6-15H2,2-4H3/t16-,17+/m1/s1. The van der Waals surface area contributed by atoms with Gasteiger partial charge in [-0.25, -0.2) is 0 Å². The third-order valence-electron chi connectivity index (χ3n) is 3.78. The first kappa shape index (κ1) is 16.7. The van der Waals surface area contributed by atoms with Gasteiger partial charge in [0.1, 0.15) is 0 Å². The topological polar surface area (TPSA) is 0 Å². The van der Waals surface area contributed by atoms with E-state index < -0.39 is 0 Å². The third-order valence-corrected chi connectivity index (χ3v) is 3.78. The second kappa shape index (κ2) is 12.2. The van der Waals surface area contributed by atoms with E-state index in [0.29, 0.717) is 0 Å². The Morgan fingerprint density at radius 3 is 1.88 bits per heavy atom. The highest BCUT2D eigenvalue weighted by molar-refractivity contribution is 4.66. The normalized spacial score (nSPS) is 14.5. The van der Waals surface area contributed by atoms with Crippen LogP contribution < -0.4 is 0 Å². The van der Waals surface area contributed by atoms with Gasteiger partial charge >= 0.3 is 0 Å². The average Bonchev–Trinajstić information content (AvgIpc) is 2.29. The molecule has 0 rings (SSSR count). The molecular weight excluding hydrogens is 204 g/mol. The van der Waals surface area contributed by atoms with Crippen LogP contribution >= 0.6 is 0 Å². The molecule has 0 radical (unpaired) electrons. The van der Waals surface area contributed by atoms with Crippen LogP contribution in [0.15, 0.2) is 12.7 Å². The molecule has 0 heteroatoms. The molecule has 2 atom stereocenters. The summed E-state index contributed by atoms with van der Waals surface area (Å²) in [4.78, 5) is 0. The van der Waals surface area contributed by atoms with Gasteiger partial charge in [0.15, 0.2) is 0 Å². The second-order valence-electron chi connectivity index (χ2n) is 5.86. The molecule has 0 N–H and O–H groups in total. The lowest BCUT2D eigenvalue weighted by Gasteiger charge is -2.12. The quantitative estimate of drug-likeness (QED) is 0.274. The molecule has 0 spiro atoms. The molecule has 0 bridgehead atoms. The molecule has 0 unspecified atom stereocenters. The fourth-order valence-corrected chi connectivity index (χ4v) is 2.55. The van der Waals surface area contributed by atoms with Crippen LogP contribution in [-0.2, 0) is 0 Å². The van der Waals surface area contributed by atoms with E-state index in [1.54, 1.807) is 0 Å². The van der Waals surface area contributed by atoms with E-state index in [9.17, 15) is 0 Å². The summed E-state index contributed by atoms with van der Waals surface area (Å²) in [5.41, 5.74) is 0. The van der Waals surface area contributed by atoms with Gasteiger partial charge in [-0.3, -0.25) is 0 Å². The molecule has 0 aromatic rings. The fraction of sp³-hybridized carbons (Fsp3) is 0.882. The van der Waals surface area contributed by atoms with Crippen LogP contribution in [0.4, 0.5) is 0 Å². The Morgan fingerprint density at radius 1 is 0.824 bits per heavy atom. The molecule has 0 saturated heterocycles. The maximum Gasteiger partial charge on any atom is -0.0353 e. The van der Waals surface area contributed by atoms with Crippen LogP contribution in [-0.4, -0.2) is 0 Å². The SMILES string of the molecule is C=CCCC[C@H](C)CCCCC[C@H](C)CCC. The Bertz CT molecular complexity index is 159. The predicted molar refractivity (Wildman–Crippen MR) is 80.4 cm³/mol. The zero-order chi connectivity index (χ0) is 12.9. The van der Waals surface area contributed by atoms with Crippen LogP contribution in [0.3, 0.4) is 0 Å². The maximum absolute atomic E-state index is 3.78. The van der Waals surface area contributed by atoms with Gasteiger partial charge in [-0.2, -0.15) is 0 Å². The van der Waals surface area contributed by atoms with E-state index in [0.717, 1.165) is 11.8 Å². The van der Waals surface area contributed by atoms with E-state index in [4.69, 9.17) is 0 Å². The van der Waals surface area contributed by atoms with Crippen molar-refractivity contribution >= 4 is 0 Å². The summed E-state index contributed by atoms with van der Waals surface area (Å²) >= 11 is 0. The Labute approximate surface area is 110 Å². The first-order chi connectivity index (χ1) is 8.20. The molecule has 17 heavy (non-hydrogen) atoms. The number of unbranched alkanes of at least 4 members (excludes halogenated alkanes) is 3. The molecule has 0 aliphatic carbocycles.